The van der Waals surface area contributed by atoms with E-state index in [0.29, 0.717) is 48.5 Å². The molecule has 14 heteroatoms. The molecule has 0 N–H and O–H groups in total. The second-order valence-electron chi connectivity index (χ2n) is 6.80. The van der Waals surface area contributed by atoms with Crippen LogP contribution >= 0.6 is 20.2 Å². The molecule has 0 saturated carbocycles. The van der Waals surface area contributed by atoms with Crippen LogP contribution in [0, 0.1) is 7.14 Å². The first-order valence-corrected chi connectivity index (χ1v) is 13.6. The Kier molecular flexibility index (Phi) is 7.49. The molecule has 3 aromatic rings. The number of alkyl halides is 9. The summed E-state index contributed by atoms with van der Waals surface area (Å²) in [5.41, 5.74) is -3.22. The zero-order chi connectivity index (χ0) is 26.2. The third kappa shape index (κ3) is 6.67. The van der Waals surface area contributed by atoms with Crippen molar-refractivity contribution in [2.45, 2.75) is 23.4 Å². The summed E-state index contributed by atoms with van der Waals surface area (Å²) in [6.07, 6.45) is -14.1. The zero-order valence-electron chi connectivity index (χ0n) is 16.8. The van der Waals surface area contributed by atoms with Gasteiger partial charge in [-0.3, -0.25) is 0 Å². The third-order valence-corrected chi connectivity index (χ3v) is 11.7. The summed E-state index contributed by atoms with van der Waals surface area (Å²) in [6.45, 7) is 0. The zero-order valence-corrected chi connectivity index (χ0v) is 19.8. The predicted molar refractivity (Wildman–Crippen MR) is 114 cm³/mol. The van der Waals surface area contributed by atoms with Crippen molar-refractivity contribution in [2.24, 2.45) is 0 Å². The van der Waals surface area contributed by atoms with Crippen LogP contribution in [0.3, 0.4) is 0 Å². The minimum atomic E-state index is -4.74. The number of rotatable bonds is 5. The van der Waals surface area contributed by atoms with Gasteiger partial charge < -0.3 is 0 Å². The van der Waals surface area contributed by atoms with Crippen molar-refractivity contribution in [1.82, 2.24) is 0 Å². The standard InChI is InChI=1S/C21H12F9IO3S/c22-19(23,24)13-1-7-16(8-2-13)31(17-9-3-14(4-10-17)20(25,26)27)34-35(32,33)18-11-5-15(6-12-18)21(28,29)30/h1-12H. The maximum atomic E-state index is 12.9. The van der Waals surface area contributed by atoms with E-state index in [1.165, 1.54) is 0 Å². The molecule has 0 amide bonds. The van der Waals surface area contributed by atoms with E-state index >= 15 is 0 Å². The molecule has 3 nitrogen and oxygen atoms in total. The van der Waals surface area contributed by atoms with Crippen LogP contribution in [0.25, 0.3) is 0 Å². The van der Waals surface area contributed by atoms with E-state index in [1.54, 1.807) is 0 Å². The Labute approximate surface area is 200 Å². The Hall–Kier alpha value is -2.33. The molecule has 0 bridgehead atoms. The molecule has 0 aromatic heterocycles. The number of hydrogen-bond acceptors (Lipinski definition) is 3. The van der Waals surface area contributed by atoms with Gasteiger partial charge in [0.15, 0.2) is 0 Å². The van der Waals surface area contributed by atoms with Gasteiger partial charge in [-0.2, -0.15) is 0 Å². The second kappa shape index (κ2) is 9.61. The molecule has 0 heterocycles. The van der Waals surface area contributed by atoms with Crippen molar-refractivity contribution in [3.8, 4) is 0 Å². The van der Waals surface area contributed by atoms with Crippen molar-refractivity contribution in [3.63, 3.8) is 0 Å². The van der Waals surface area contributed by atoms with Crippen LogP contribution in [0.1, 0.15) is 16.7 Å². The Morgan fingerprint density at radius 2 is 0.800 bits per heavy atom. The summed E-state index contributed by atoms with van der Waals surface area (Å²) in [7, 11) is -4.74. The summed E-state index contributed by atoms with van der Waals surface area (Å²) in [5.74, 6) is 0. The first kappa shape index (κ1) is 27.3. The molecule has 0 aliphatic carbocycles. The van der Waals surface area contributed by atoms with Crippen LogP contribution in [0.15, 0.2) is 77.7 Å². The number of hydrogen-bond donors (Lipinski definition) is 0. The van der Waals surface area contributed by atoms with Crippen LogP contribution in [0.5, 0.6) is 0 Å². The molecule has 3 aromatic carbocycles. The van der Waals surface area contributed by atoms with Gasteiger partial charge in [-0.15, -0.1) is 0 Å². The van der Waals surface area contributed by atoms with Gasteiger partial charge in [-0.1, -0.05) is 0 Å². The summed E-state index contributed by atoms with van der Waals surface area (Å²) in [4.78, 5) is -0.661. The molecule has 0 aliphatic rings. The SMILES string of the molecule is O=S(=O)(OI(c1ccc(C(F)(F)F)cc1)c1ccc(C(F)(F)F)cc1)c1ccc(C(F)(F)F)cc1. The molecule has 190 valence electrons. The van der Waals surface area contributed by atoms with E-state index in [-0.39, 0.29) is 7.14 Å². The molecule has 35 heavy (non-hydrogen) atoms. The molecular weight excluding hydrogens is 630 g/mol. The molecule has 0 fully saturated rings. The molecule has 0 radical (unpaired) electrons. The topological polar surface area (TPSA) is 43.4 Å². The van der Waals surface area contributed by atoms with E-state index < -0.39 is 70.5 Å². The Morgan fingerprint density at radius 1 is 0.514 bits per heavy atom. The van der Waals surface area contributed by atoms with Crippen molar-refractivity contribution >= 4 is 30.4 Å². The van der Waals surface area contributed by atoms with Gasteiger partial charge in [0.05, 0.1) is 0 Å². The Bertz CT molecular complexity index is 1210. The van der Waals surface area contributed by atoms with Crippen LogP contribution in [-0.2, 0) is 31.2 Å². The van der Waals surface area contributed by atoms with Crippen LogP contribution < -0.4 is 0 Å². The quantitative estimate of drug-likeness (QED) is 0.213. The summed E-state index contributed by atoms with van der Waals surface area (Å²) >= 11 is -3.71. The van der Waals surface area contributed by atoms with Crippen molar-refractivity contribution < 1.29 is 50.4 Å². The van der Waals surface area contributed by atoms with E-state index in [2.05, 4.69) is 0 Å². The van der Waals surface area contributed by atoms with Crippen LogP contribution in [0.2, 0.25) is 0 Å². The maximum absolute atomic E-state index is 12.9. The second-order valence-corrected chi connectivity index (χ2v) is 13.3. The monoisotopic (exact) mass is 642 g/mol. The molecule has 0 unspecified atom stereocenters. The first-order valence-electron chi connectivity index (χ1n) is 9.15. The van der Waals surface area contributed by atoms with Gasteiger partial charge in [0.25, 0.3) is 0 Å². The molecule has 0 spiro atoms. The van der Waals surface area contributed by atoms with Crippen molar-refractivity contribution in [2.75, 3.05) is 0 Å². The van der Waals surface area contributed by atoms with Crippen LogP contribution in [0.4, 0.5) is 39.5 Å². The Morgan fingerprint density at radius 3 is 1.09 bits per heavy atom. The average molecular weight is 642 g/mol. The van der Waals surface area contributed by atoms with E-state index in [0.717, 1.165) is 24.3 Å². The normalized spacial score (nSPS) is 13.6. The fourth-order valence-corrected chi connectivity index (χ4v) is 9.52. The van der Waals surface area contributed by atoms with E-state index in [1.807, 2.05) is 0 Å². The first-order chi connectivity index (χ1) is 16.0. The van der Waals surface area contributed by atoms with Gasteiger partial charge in [0.2, 0.25) is 0 Å². The van der Waals surface area contributed by atoms with Crippen LogP contribution in [-0.4, -0.2) is 8.42 Å². The predicted octanol–water partition coefficient (Wildman–Crippen LogP) is 7.61. The van der Waals surface area contributed by atoms with Gasteiger partial charge >= 0.3 is 201 Å². The summed E-state index contributed by atoms with van der Waals surface area (Å²) in [6, 6.07) is 8.77. The fourth-order valence-electron chi connectivity index (χ4n) is 2.64. The van der Waals surface area contributed by atoms with Gasteiger partial charge in [0, 0.05) is 0 Å². The van der Waals surface area contributed by atoms with Crippen molar-refractivity contribution in [3.05, 3.63) is 96.6 Å². The van der Waals surface area contributed by atoms with Crippen molar-refractivity contribution in [1.29, 1.82) is 0 Å². The van der Waals surface area contributed by atoms with E-state index in [9.17, 15) is 47.9 Å². The Balaban J connectivity index is 2.02. The van der Waals surface area contributed by atoms with Gasteiger partial charge in [0.1, 0.15) is 0 Å². The molecule has 0 atom stereocenters. The fraction of sp³-hybridized carbons (Fsp3) is 0.143. The average Bonchev–Trinajstić information content (AvgIpc) is 2.76. The van der Waals surface area contributed by atoms with E-state index in [4.69, 9.17) is 2.51 Å². The molecule has 3 rings (SSSR count). The molecule has 0 saturated heterocycles. The van der Waals surface area contributed by atoms with Gasteiger partial charge in [-0.25, -0.2) is 0 Å². The number of halogens is 10. The third-order valence-electron chi connectivity index (χ3n) is 4.36. The summed E-state index contributed by atoms with van der Waals surface area (Å²) < 4.78 is 147. The minimum absolute atomic E-state index is 0.00237. The number of benzene rings is 3. The van der Waals surface area contributed by atoms with Gasteiger partial charge in [-0.05, 0) is 0 Å². The summed E-state index contributed by atoms with van der Waals surface area (Å²) in [5, 5.41) is 0. The molecular formula is C21H12F9IO3S. The molecule has 0 aliphatic heterocycles.